The van der Waals surface area contributed by atoms with Gasteiger partial charge in [-0.15, -0.1) is 0 Å². The minimum Gasteiger partial charge on any atom is -0.507 e. The Bertz CT molecular complexity index is 483. The lowest BCUT2D eigenvalue weighted by Gasteiger charge is -2.28. The molecule has 0 heterocycles. The summed E-state index contributed by atoms with van der Waals surface area (Å²) < 4.78 is 0. The van der Waals surface area contributed by atoms with Gasteiger partial charge in [0.25, 0.3) is 5.97 Å². The largest absolute Gasteiger partial charge is 0.507 e. The van der Waals surface area contributed by atoms with Crippen molar-refractivity contribution < 1.29 is 15.0 Å². The van der Waals surface area contributed by atoms with Gasteiger partial charge in [0.05, 0.1) is 0 Å². The molecule has 0 saturated heterocycles. The monoisotopic (exact) mass is 323 g/mol. The molecule has 1 aromatic carbocycles. The highest BCUT2D eigenvalue weighted by Gasteiger charge is 2.26. The van der Waals surface area contributed by atoms with Crippen LogP contribution in [0.2, 0.25) is 0 Å². The third-order valence-electron chi connectivity index (χ3n) is 3.46. The Kier molecular flexibility index (Phi) is 7.78. The van der Waals surface area contributed by atoms with Crippen LogP contribution in [-0.4, -0.2) is 22.7 Å². The van der Waals surface area contributed by atoms with E-state index in [0.717, 1.165) is 30.9 Å². The summed E-state index contributed by atoms with van der Waals surface area (Å²) in [6.45, 7) is 14.6. The Balaban J connectivity index is 0.00000108. The number of aryl methyl sites for hydroxylation is 1. The average molecular weight is 323 g/mol. The molecule has 0 aliphatic carbocycles. The molecule has 23 heavy (non-hydrogen) atoms. The van der Waals surface area contributed by atoms with Gasteiger partial charge in [0.2, 0.25) is 0 Å². The van der Waals surface area contributed by atoms with Crippen molar-refractivity contribution in [3.05, 3.63) is 28.8 Å². The van der Waals surface area contributed by atoms with Crippen molar-refractivity contribution in [2.24, 2.45) is 5.73 Å². The average Bonchev–Trinajstić information content (AvgIpc) is 2.34. The van der Waals surface area contributed by atoms with Gasteiger partial charge in [-0.25, -0.2) is 0 Å². The van der Waals surface area contributed by atoms with E-state index >= 15 is 0 Å². The summed E-state index contributed by atoms with van der Waals surface area (Å²) in [6, 6.07) is 4.28. The van der Waals surface area contributed by atoms with Crippen LogP contribution in [0.3, 0.4) is 0 Å². The van der Waals surface area contributed by atoms with Crippen molar-refractivity contribution in [2.45, 2.75) is 72.1 Å². The second-order valence-electron chi connectivity index (χ2n) is 7.95. The maximum atomic E-state index is 10.6. The topological polar surface area (TPSA) is 83.5 Å². The van der Waals surface area contributed by atoms with Gasteiger partial charge < -0.3 is 15.9 Å². The second-order valence-corrected chi connectivity index (χ2v) is 7.95. The number of carbonyl (C=O) groups is 1. The van der Waals surface area contributed by atoms with Crippen molar-refractivity contribution >= 4 is 5.97 Å². The minimum atomic E-state index is -0.833. The minimum absolute atomic E-state index is 0.0528. The summed E-state index contributed by atoms with van der Waals surface area (Å²) >= 11 is 0. The molecule has 0 fully saturated rings. The number of nitrogens with two attached hydrogens (primary N) is 1. The lowest BCUT2D eigenvalue weighted by Crippen LogP contribution is -2.18. The number of hydrogen-bond acceptors (Lipinski definition) is 3. The number of carboxylic acids is 1. The molecule has 0 aliphatic rings. The van der Waals surface area contributed by atoms with E-state index in [4.69, 9.17) is 15.6 Å². The molecule has 1 aromatic rings. The van der Waals surface area contributed by atoms with Crippen LogP contribution >= 0.6 is 0 Å². The fourth-order valence-corrected chi connectivity index (χ4v) is 2.29. The number of rotatable bonds is 3. The predicted octanol–water partition coefficient (Wildman–Crippen LogP) is 3.97. The Morgan fingerprint density at radius 1 is 1.04 bits per heavy atom. The molecule has 132 valence electrons. The highest BCUT2D eigenvalue weighted by Crippen LogP contribution is 2.39. The zero-order valence-electron chi connectivity index (χ0n) is 15.7. The van der Waals surface area contributed by atoms with Gasteiger partial charge >= 0.3 is 0 Å². The van der Waals surface area contributed by atoms with Crippen molar-refractivity contribution in [1.29, 1.82) is 0 Å². The van der Waals surface area contributed by atoms with E-state index in [1.54, 1.807) is 0 Å². The normalized spacial score (nSPS) is 11.7. The molecule has 4 nitrogen and oxygen atoms in total. The lowest BCUT2D eigenvalue weighted by atomic mass is 9.78. The zero-order chi connectivity index (χ0) is 18.4. The first kappa shape index (κ1) is 21.4. The Morgan fingerprint density at radius 3 is 1.65 bits per heavy atom. The number of aliphatic carboxylic acids is 1. The van der Waals surface area contributed by atoms with Crippen molar-refractivity contribution in [3.63, 3.8) is 0 Å². The first-order chi connectivity index (χ1) is 10.3. The van der Waals surface area contributed by atoms with Crippen molar-refractivity contribution in [2.75, 3.05) is 6.54 Å². The Labute approximate surface area is 140 Å². The SMILES string of the molecule is CC(=O)O.CC(C)(C)c1cc(CCCN)cc(C(C)(C)C)c1O. The standard InChI is InChI=1S/C17H29NO.C2H4O2/c1-16(2,3)13-10-12(8-7-9-18)11-14(15(13)19)17(4,5)6;1-2(3)4/h10-11,19H,7-9,18H2,1-6H3;1H3,(H,3,4). The fourth-order valence-electron chi connectivity index (χ4n) is 2.29. The first-order valence-corrected chi connectivity index (χ1v) is 8.07. The van der Waals surface area contributed by atoms with Crippen LogP contribution in [0.5, 0.6) is 5.75 Å². The van der Waals surface area contributed by atoms with Gasteiger partial charge in [-0.05, 0) is 46.9 Å². The van der Waals surface area contributed by atoms with E-state index in [9.17, 15) is 5.11 Å². The van der Waals surface area contributed by atoms with Crippen molar-refractivity contribution in [3.8, 4) is 5.75 Å². The summed E-state index contributed by atoms with van der Waals surface area (Å²) in [7, 11) is 0. The van der Waals surface area contributed by atoms with Crippen LogP contribution in [0, 0.1) is 0 Å². The van der Waals surface area contributed by atoms with Gasteiger partial charge in [-0.3, -0.25) is 4.79 Å². The second kappa shape index (κ2) is 8.34. The van der Waals surface area contributed by atoms with E-state index in [1.165, 1.54) is 5.56 Å². The number of hydrogen-bond donors (Lipinski definition) is 3. The van der Waals surface area contributed by atoms with Crippen molar-refractivity contribution in [1.82, 2.24) is 0 Å². The number of carboxylic acid groups (broad SMARTS) is 1. The van der Waals surface area contributed by atoms with Crippen LogP contribution in [0.4, 0.5) is 0 Å². The van der Waals surface area contributed by atoms with Gasteiger partial charge in [-0.2, -0.15) is 0 Å². The molecule has 0 atom stereocenters. The van der Waals surface area contributed by atoms with E-state index in [0.29, 0.717) is 12.3 Å². The Hall–Kier alpha value is -1.55. The lowest BCUT2D eigenvalue weighted by molar-refractivity contribution is -0.134. The summed E-state index contributed by atoms with van der Waals surface area (Å²) in [5.74, 6) is -0.378. The number of aromatic hydroxyl groups is 1. The molecule has 0 spiro atoms. The molecular formula is C19H33NO3. The quantitative estimate of drug-likeness (QED) is 0.786. The summed E-state index contributed by atoms with van der Waals surface area (Å²) in [5, 5.41) is 18.0. The van der Waals surface area contributed by atoms with Crippen LogP contribution in [-0.2, 0) is 22.0 Å². The molecule has 0 aliphatic heterocycles. The molecule has 0 saturated carbocycles. The molecule has 0 bridgehead atoms. The maximum Gasteiger partial charge on any atom is 0.300 e. The predicted molar refractivity (Wildman–Crippen MR) is 96.2 cm³/mol. The molecule has 0 radical (unpaired) electrons. The molecule has 0 aromatic heterocycles. The maximum absolute atomic E-state index is 10.6. The summed E-state index contributed by atoms with van der Waals surface area (Å²) in [4.78, 5) is 9.00. The van der Waals surface area contributed by atoms with Gasteiger partial charge in [0.1, 0.15) is 5.75 Å². The highest BCUT2D eigenvalue weighted by atomic mass is 16.4. The number of phenolic OH excluding ortho intramolecular Hbond substituents is 1. The smallest absolute Gasteiger partial charge is 0.300 e. The number of phenols is 1. The summed E-state index contributed by atoms with van der Waals surface area (Å²) in [5.41, 5.74) is 8.84. The fraction of sp³-hybridized carbons (Fsp3) is 0.632. The summed E-state index contributed by atoms with van der Waals surface area (Å²) in [6.07, 6.45) is 1.96. The van der Waals surface area contributed by atoms with Crippen LogP contribution in [0.15, 0.2) is 12.1 Å². The number of benzene rings is 1. The van der Waals surface area contributed by atoms with Gasteiger partial charge in [0.15, 0.2) is 0 Å². The third kappa shape index (κ3) is 7.51. The van der Waals surface area contributed by atoms with E-state index < -0.39 is 5.97 Å². The Morgan fingerprint density at radius 2 is 1.39 bits per heavy atom. The van der Waals surface area contributed by atoms with Crippen LogP contribution in [0.1, 0.15) is 71.6 Å². The van der Waals surface area contributed by atoms with E-state index in [1.807, 2.05) is 0 Å². The van der Waals surface area contributed by atoms with E-state index in [-0.39, 0.29) is 10.8 Å². The highest BCUT2D eigenvalue weighted by molar-refractivity contribution is 5.62. The first-order valence-electron chi connectivity index (χ1n) is 8.07. The van der Waals surface area contributed by atoms with Crippen LogP contribution in [0.25, 0.3) is 0 Å². The van der Waals surface area contributed by atoms with Gasteiger partial charge in [-0.1, -0.05) is 53.7 Å². The van der Waals surface area contributed by atoms with Crippen LogP contribution < -0.4 is 5.73 Å². The molecule has 4 heteroatoms. The molecule has 0 unspecified atom stereocenters. The van der Waals surface area contributed by atoms with E-state index in [2.05, 4.69) is 53.7 Å². The van der Waals surface area contributed by atoms with Gasteiger partial charge in [0, 0.05) is 6.92 Å². The zero-order valence-corrected chi connectivity index (χ0v) is 15.7. The molecule has 0 amide bonds. The molecule has 1 rings (SSSR count). The molecular weight excluding hydrogens is 290 g/mol. The third-order valence-corrected chi connectivity index (χ3v) is 3.46. The molecule has 4 N–H and O–H groups in total.